The number of carbonyl (C=O) groups is 5. The van der Waals surface area contributed by atoms with Crippen LogP contribution in [-0.4, -0.2) is 111 Å². The van der Waals surface area contributed by atoms with Crippen LogP contribution >= 0.6 is 0 Å². The van der Waals surface area contributed by atoms with E-state index in [9.17, 15) is 28.4 Å². The van der Waals surface area contributed by atoms with Crippen LogP contribution in [-0.2, 0) is 28.7 Å². The predicted molar refractivity (Wildman–Crippen MR) is 150 cm³/mol. The first-order valence-corrected chi connectivity index (χ1v) is 12.7. The first kappa shape index (κ1) is 36.1. The number of carboxylic acid groups (broad SMARTS) is 5. The van der Waals surface area contributed by atoms with Crippen molar-refractivity contribution in [2.75, 3.05) is 45.9 Å². The third kappa shape index (κ3) is 17.5. The highest BCUT2D eigenvalue weighted by Gasteiger charge is 2.20. The lowest BCUT2D eigenvalue weighted by atomic mass is 10.0. The van der Waals surface area contributed by atoms with E-state index in [0.717, 1.165) is 43.9 Å². The predicted octanol–water partition coefficient (Wildman–Crippen LogP) is 2.06. The Morgan fingerprint density at radius 1 is 0.674 bits per heavy atom. The number of piperazine rings is 1. The molecule has 1 heterocycles. The number of hydrogen-bond acceptors (Lipinski definition) is 8. The fourth-order valence-electron chi connectivity index (χ4n) is 3.60. The first-order chi connectivity index (χ1) is 20.4. The van der Waals surface area contributed by atoms with Crippen LogP contribution in [0, 0.1) is 5.82 Å². The van der Waals surface area contributed by atoms with Gasteiger partial charge in [0.1, 0.15) is 11.9 Å². The average Bonchev–Trinajstić information content (AvgIpc) is 2.95. The minimum atomic E-state index is -1.26. The molecule has 0 aliphatic carbocycles. The molecule has 2 aromatic carbocycles. The summed E-state index contributed by atoms with van der Waals surface area (Å²) in [5, 5.41) is 40.1. The molecule has 0 bridgehead atoms. The summed E-state index contributed by atoms with van der Waals surface area (Å²) in [5.74, 6) is -6.07. The zero-order valence-corrected chi connectivity index (χ0v) is 23.0. The van der Waals surface area contributed by atoms with Gasteiger partial charge in [-0.25, -0.2) is 23.6 Å². The van der Waals surface area contributed by atoms with Crippen molar-refractivity contribution >= 4 is 29.8 Å². The highest BCUT2D eigenvalue weighted by molar-refractivity contribution is 5.90. The molecule has 0 aromatic heterocycles. The fourth-order valence-corrected chi connectivity index (χ4v) is 3.60. The number of benzene rings is 2. The lowest BCUT2D eigenvalue weighted by molar-refractivity contribution is -0.139. The molecule has 1 fully saturated rings. The molecule has 13 nitrogen and oxygen atoms in total. The molecule has 0 radical (unpaired) electrons. The number of hydrogen-bond donors (Lipinski definition) is 5. The summed E-state index contributed by atoms with van der Waals surface area (Å²) in [6.07, 6.45) is 2.00. The minimum Gasteiger partial charge on any atom is -0.480 e. The Kier molecular flexibility index (Phi) is 16.8. The van der Waals surface area contributed by atoms with E-state index in [0.29, 0.717) is 30.9 Å². The summed E-state index contributed by atoms with van der Waals surface area (Å²) in [4.78, 5) is 53.2. The van der Waals surface area contributed by atoms with Crippen molar-refractivity contribution in [2.45, 2.75) is 6.10 Å². The molecule has 1 aliphatic heterocycles. The summed E-state index contributed by atoms with van der Waals surface area (Å²) in [6.45, 7) is 4.62. The van der Waals surface area contributed by atoms with Crippen LogP contribution in [0.15, 0.2) is 78.9 Å². The zero-order valence-electron chi connectivity index (χ0n) is 23.0. The lowest BCUT2D eigenvalue weighted by Gasteiger charge is -2.34. The average molecular weight is 605 g/mol. The third-order valence-corrected chi connectivity index (χ3v) is 5.53. The standard InChI is InChI=1S/C21H25FN2O3.2C4H4O4/c22-19-8-6-18(7-9-19)21(17-4-2-1-3-5-17)27-15-14-23-10-12-24(13-11-23)16-20(25)26;2*5-3(6)1-2-4(7)8/h1-9,21H,10-16H2,(H,25,26);2*1-2H,(H,5,6)(H,7,8)/b;2*2-1+. The molecular formula is C29H33FN2O11. The molecule has 43 heavy (non-hydrogen) atoms. The molecule has 14 heteroatoms. The highest BCUT2D eigenvalue weighted by atomic mass is 19.1. The van der Waals surface area contributed by atoms with E-state index in [2.05, 4.69) is 4.90 Å². The normalized spacial score (nSPS) is 14.2. The second-order valence-electron chi connectivity index (χ2n) is 8.74. The van der Waals surface area contributed by atoms with Gasteiger partial charge in [0.05, 0.1) is 13.2 Å². The van der Waals surface area contributed by atoms with Crippen LogP contribution in [0.2, 0.25) is 0 Å². The van der Waals surface area contributed by atoms with Gasteiger partial charge in [0, 0.05) is 57.0 Å². The monoisotopic (exact) mass is 604 g/mol. The van der Waals surface area contributed by atoms with Crippen molar-refractivity contribution in [1.82, 2.24) is 9.80 Å². The summed E-state index contributed by atoms with van der Waals surface area (Å²) in [5.41, 5.74) is 1.96. The van der Waals surface area contributed by atoms with Gasteiger partial charge in [-0.1, -0.05) is 42.5 Å². The molecule has 1 aliphatic rings. The van der Waals surface area contributed by atoms with Gasteiger partial charge in [0.15, 0.2) is 0 Å². The van der Waals surface area contributed by atoms with Gasteiger partial charge in [-0.05, 0) is 23.3 Å². The molecule has 0 saturated carbocycles. The van der Waals surface area contributed by atoms with E-state index < -0.39 is 29.8 Å². The SMILES string of the molecule is O=C(O)/C=C/C(=O)O.O=C(O)/C=C/C(=O)O.O=C(O)CN1CCN(CCOC(c2ccccc2)c2ccc(F)cc2)CC1. The summed E-state index contributed by atoms with van der Waals surface area (Å²) < 4.78 is 19.4. The van der Waals surface area contributed by atoms with Crippen molar-refractivity contribution in [1.29, 1.82) is 0 Å². The van der Waals surface area contributed by atoms with E-state index in [1.165, 1.54) is 12.1 Å². The number of ether oxygens (including phenoxy) is 1. The van der Waals surface area contributed by atoms with Crippen molar-refractivity contribution in [3.63, 3.8) is 0 Å². The maximum absolute atomic E-state index is 13.3. The minimum absolute atomic E-state index is 0.102. The molecule has 3 rings (SSSR count). The smallest absolute Gasteiger partial charge is 0.328 e. The van der Waals surface area contributed by atoms with Crippen LogP contribution in [0.5, 0.6) is 0 Å². The molecule has 2 aromatic rings. The van der Waals surface area contributed by atoms with Gasteiger partial charge in [-0.3, -0.25) is 14.6 Å². The Balaban J connectivity index is 0.000000476. The van der Waals surface area contributed by atoms with Crippen molar-refractivity contribution in [3.8, 4) is 0 Å². The van der Waals surface area contributed by atoms with Gasteiger partial charge in [-0.2, -0.15) is 0 Å². The van der Waals surface area contributed by atoms with Crippen LogP contribution in [0.4, 0.5) is 4.39 Å². The maximum Gasteiger partial charge on any atom is 0.328 e. The number of rotatable bonds is 12. The number of aliphatic carboxylic acids is 5. The largest absolute Gasteiger partial charge is 0.480 e. The van der Waals surface area contributed by atoms with Crippen LogP contribution in [0.25, 0.3) is 0 Å². The van der Waals surface area contributed by atoms with Crippen molar-refractivity contribution in [3.05, 3.63) is 95.8 Å². The molecule has 5 N–H and O–H groups in total. The van der Waals surface area contributed by atoms with E-state index >= 15 is 0 Å². The Labute approximate surface area is 246 Å². The molecule has 0 amide bonds. The topological polar surface area (TPSA) is 202 Å². The van der Waals surface area contributed by atoms with E-state index in [4.69, 9.17) is 30.3 Å². The summed E-state index contributed by atoms with van der Waals surface area (Å²) >= 11 is 0. The molecule has 232 valence electrons. The second kappa shape index (κ2) is 20.0. The second-order valence-corrected chi connectivity index (χ2v) is 8.74. The third-order valence-electron chi connectivity index (χ3n) is 5.53. The lowest BCUT2D eigenvalue weighted by Crippen LogP contribution is -2.48. The van der Waals surface area contributed by atoms with Gasteiger partial charge in [0.2, 0.25) is 0 Å². The number of carboxylic acids is 5. The fraction of sp³-hybridized carbons (Fsp3) is 0.276. The number of halogens is 1. The van der Waals surface area contributed by atoms with E-state index in [1.807, 2.05) is 35.2 Å². The quantitative estimate of drug-likeness (QED) is 0.221. The van der Waals surface area contributed by atoms with Gasteiger partial charge < -0.3 is 30.3 Å². The molecule has 1 atom stereocenters. The Morgan fingerprint density at radius 3 is 1.51 bits per heavy atom. The highest BCUT2D eigenvalue weighted by Crippen LogP contribution is 2.26. The number of nitrogens with zero attached hydrogens (tertiary/aromatic N) is 2. The van der Waals surface area contributed by atoms with E-state index in [1.54, 1.807) is 12.1 Å². The van der Waals surface area contributed by atoms with Crippen molar-refractivity contribution < 1.29 is 58.6 Å². The molecular weight excluding hydrogens is 571 g/mol. The van der Waals surface area contributed by atoms with Crippen LogP contribution in [0.3, 0.4) is 0 Å². The van der Waals surface area contributed by atoms with E-state index in [-0.39, 0.29) is 18.5 Å². The maximum atomic E-state index is 13.3. The van der Waals surface area contributed by atoms with Crippen LogP contribution < -0.4 is 0 Å². The Bertz CT molecular complexity index is 1180. The first-order valence-electron chi connectivity index (χ1n) is 12.7. The molecule has 0 spiro atoms. The molecule has 1 saturated heterocycles. The summed E-state index contributed by atoms with van der Waals surface area (Å²) in [7, 11) is 0. The Hall–Kier alpha value is -4.92. The van der Waals surface area contributed by atoms with Crippen LogP contribution in [0.1, 0.15) is 17.2 Å². The Morgan fingerprint density at radius 2 is 1.09 bits per heavy atom. The van der Waals surface area contributed by atoms with Gasteiger partial charge in [0.25, 0.3) is 0 Å². The van der Waals surface area contributed by atoms with Gasteiger partial charge in [-0.15, -0.1) is 0 Å². The summed E-state index contributed by atoms with van der Waals surface area (Å²) in [6, 6.07) is 16.4. The van der Waals surface area contributed by atoms with Gasteiger partial charge >= 0.3 is 29.8 Å². The zero-order chi connectivity index (χ0) is 32.2. The van der Waals surface area contributed by atoms with Crippen molar-refractivity contribution in [2.24, 2.45) is 0 Å². The molecule has 1 unspecified atom stereocenters.